The van der Waals surface area contributed by atoms with E-state index in [9.17, 15) is 14.7 Å². The van der Waals surface area contributed by atoms with E-state index in [1.807, 2.05) is 18.2 Å². The van der Waals surface area contributed by atoms with Gasteiger partial charge < -0.3 is 24.1 Å². The van der Waals surface area contributed by atoms with Gasteiger partial charge in [0, 0.05) is 0 Å². The summed E-state index contributed by atoms with van der Waals surface area (Å²) in [4.78, 5) is 29.2. The predicted molar refractivity (Wildman–Crippen MR) is 143 cm³/mol. The molecule has 0 saturated carbocycles. The Morgan fingerprint density at radius 1 is 1.11 bits per heavy atom. The maximum Gasteiger partial charge on any atom is 0.344 e. The maximum atomic E-state index is 12.6. The Morgan fingerprint density at radius 2 is 1.83 bits per heavy atom. The first-order chi connectivity index (χ1) is 16.9. The highest BCUT2D eigenvalue weighted by Crippen LogP contribution is 2.41. The van der Waals surface area contributed by atoms with Crippen molar-refractivity contribution in [1.82, 2.24) is 0 Å². The average Bonchev–Trinajstić information content (AvgIpc) is 3.13. The molecule has 0 fully saturated rings. The number of nitrogens with zero attached hydrogens (tertiary/aromatic N) is 1. The average molecular weight is 609 g/mol. The first-order valence-electron chi connectivity index (χ1n) is 10.7. The number of hydrogen-bond acceptors (Lipinski definition) is 9. The summed E-state index contributed by atoms with van der Waals surface area (Å²) in [6.45, 7) is 3.60. The van der Waals surface area contributed by atoms with Gasteiger partial charge in [-0.15, -0.1) is 0 Å². The third kappa shape index (κ3) is 6.79. The molecule has 1 aliphatic heterocycles. The lowest BCUT2D eigenvalue weighted by atomic mass is 10.1. The third-order valence-corrected chi connectivity index (χ3v) is 6.37. The van der Waals surface area contributed by atoms with Crippen LogP contribution in [0.3, 0.4) is 0 Å². The topological polar surface area (TPSA) is 104 Å². The van der Waals surface area contributed by atoms with Gasteiger partial charge in [-0.2, -0.15) is 0 Å². The van der Waals surface area contributed by atoms with Gasteiger partial charge in [-0.05, 0) is 72.3 Å². The summed E-state index contributed by atoms with van der Waals surface area (Å²) in [5.74, 6) is -0.528. The fourth-order valence-electron chi connectivity index (χ4n) is 3.06. The van der Waals surface area contributed by atoms with Crippen LogP contribution in [0.1, 0.15) is 19.4 Å². The first-order valence-corrected chi connectivity index (χ1v) is 12.6. The summed E-state index contributed by atoms with van der Waals surface area (Å²) in [6, 6.07) is 12.7. The molecule has 1 N–H and O–H groups in total. The van der Waals surface area contributed by atoms with Crippen molar-refractivity contribution in [2.45, 2.75) is 13.8 Å². The van der Waals surface area contributed by atoms with E-state index in [0.29, 0.717) is 36.3 Å². The molecule has 0 bridgehead atoms. The highest BCUT2D eigenvalue weighted by atomic mass is 127. The summed E-state index contributed by atoms with van der Waals surface area (Å²) >= 11 is 3.24. The monoisotopic (exact) mass is 609 g/mol. The zero-order chi connectivity index (χ0) is 25.4. The molecule has 2 aromatic carbocycles. The smallest absolute Gasteiger partial charge is 0.344 e. The zero-order valence-corrected chi connectivity index (χ0v) is 22.3. The van der Waals surface area contributed by atoms with Crippen LogP contribution in [0, 0.1) is 3.57 Å². The summed E-state index contributed by atoms with van der Waals surface area (Å²) in [5.41, 5.74) is 1.35. The van der Waals surface area contributed by atoms with Gasteiger partial charge in [-0.3, -0.25) is 0 Å². The SMILES string of the molecule is CCOC(=O)COc1c(I)cc(/C=C2\SC(=Nc3ccccc3)C(C(=O)OCC)=C2O)cc1OC. The second-order valence-electron chi connectivity index (χ2n) is 6.94. The zero-order valence-electron chi connectivity index (χ0n) is 19.4. The number of esters is 2. The minimum absolute atomic E-state index is 0.0167. The van der Waals surface area contributed by atoms with E-state index in [2.05, 4.69) is 27.6 Å². The van der Waals surface area contributed by atoms with Crippen molar-refractivity contribution in [1.29, 1.82) is 0 Å². The van der Waals surface area contributed by atoms with E-state index in [-0.39, 0.29) is 31.2 Å². The summed E-state index contributed by atoms with van der Waals surface area (Å²) in [7, 11) is 1.49. The number of carbonyl (C=O) groups excluding carboxylic acids is 2. The predicted octanol–water partition coefficient (Wildman–Crippen LogP) is 5.43. The molecule has 0 aliphatic carbocycles. The second-order valence-corrected chi connectivity index (χ2v) is 9.13. The standard InChI is InChI=1S/C25H24INO7S/c1-4-32-20(28)14-34-23-17(26)11-15(12-18(23)31-3)13-19-22(29)21(25(30)33-5-2)24(35-19)27-16-9-7-6-8-10-16/h6-13,29H,4-5,14H2,1-3H3/b19-13-,27-24?. The molecule has 1 heterocycles. The number of aliphatic imine (C=N–C) groups is 1. The fraction of sp³-hybridized carbons (Fsp3) is 0.240. The highest BCUT2D eigenvalue weighted by molar-refractivity contribution is 14.1. The molecule has 0 amide bonds. The van der Waals surface area contributed by atoms with Crippen LogP contribution in [-0.2, 0) is 19.1 Å². The number of para-hydroxylation sites is 1. The first kappa shape index (κ1) is 26.6. The van der Waals surface area contributed by atoms with Gasteiger partial charge in [0.15, 0.2) is 18.1 Å². The van der Waals surface area contributed by atoms with Crippen molar-refractivity contribution in [3.8, 4) is 11.5 Å². The number of aliphatic hydroxyl groups excluding tert-OH is 1. The van der Waals surface area contributed by atoms with Crippen LogP contribution in [-0.4, -0.2) is 49.0 Å². The van der Waals surface area contributed by atoms with E-state index in [1.54, 1.807) is 44.2 Å². The van der Waals surface area contributed by atoms with Crippen LogP contribution in [0.2, 0.25) is 0 Å². The van der Waals surface area contributed by atoms with Gasteiger partial charge in [0.05, 0.1) is 34.5 Å². The molecular weight excluding hydrogens is 585 g/mol. The number of methoxy groups -OCH3 is 1. The highest BCUT2D eigenvalue weighted by Gasteiger charge is 2.33. The van der Waals surface area contributed by atoms with Gasteiger partial charge >= 0.3 is 11.9 Å². The van der Waals surface area contributed by atoms with E-state index < -0.39 is 11.9 Å². The number of halogens is 1. The van der Waals surface area contributed by atoms with Gasteiger partial charge in [0.25, 0.3) is 0 Å². The van der Waals surface area contributed by atoms with Crippen LogP contribution in [0.5, 0.6) is 11.5 Å². The molecule has 3 rings (SSSR count). The van der Waals surface area contributed by atoms with Crippen molar-refractivity contribution in [2.24, 2.45) is 4.99 Å². The van der Waals surface area contributed by atoms with Crippen LogP contribution >= 0.6 is 34.4 Å². The molecule has 0 spiro atoms. The minimum atomic E-state index is -0.648. The molecule has 0 atom stereocenters. The molecule has 0 radical (unpaired) electrons. The molecule has 8 nitrogen and oxygen atoms in total. The molecule has 2 aromatic rings. The number of aliphatic hydroxyl groups is 1. The molecule has 184 valence electrons. The van der Waals surface area contributed by atoms with Crippen molar-refractivity contribution < 1.29 is 33.6 Å². The van der Waals surface area contributed by atoms with Crippen molar-refractivity contribution in [3.63, 3.8) is 0 Å². The Labute approximate surface area is 221 Å². The number of rotatable bonds is 9. The Balaban J connectivity index is 1.97. The normalized spacial score (nSPS) is 15.4. The number of carbonyl (C=O) groups is 2. The summed E-state index contributed by atoms with van der Waals surface area (Å²) in [6.07, 6.45) is 1.71. The third-order valence-electron chi connectivity index (χ3n) is 4.55. The lowest BCUT2D eigenvalue weighted by Gasteiger charge is -2.13. The number of thioether (sulfide) groups is 1. The molecule has 0 unspecified atom stereocenters. The Kier molecular flexibility index (Phi) is 9.61. The largest absolute Gasteiger partial charge is 0.506 e. The summed E-state index contributed by atoms with van der Waals surface area (Å²) in [5, 5.41) is 11.2. The lowest BCUT2D eigenvalue weighted by Crippen LogP contribution is -2.15. The molecule has 0 aromatic heterocycles. The van der Waals surface area contributed by atoms with Crippen molar-refractivity contribution in [3.05, 3.63) is 67.8 Å². The molecule has 1 aliphatic rings. The lowest BCUT2D eigenvalue weighted by molar-refractivity contribution is -0.145. The van der Waals surface area contributed by atoms with E-state index in [0.717, 1.165) is 11.8 Å². The molecule has 0 saturated heterocycles. The van der Waals surface area contributed by atoms with Crippen LogP contribution < -0.4 is 9.47 Å². The van der Waals surface area contributed by atoms with Crippen LogP contribution in [0.25, 0.3) is 6.08 Å². The van der Waals surface area contributed by atoms with Crippen LogP contribution in [0.15, 0.2) is 63.7 Å². The Bertz CT molecular complexity index is 1190. The molecule has 35 heavy (non-hydrogen) atoms. The molecular formula is C25H24INO7S. The van der Waals surface area contributed by atoms with Gasteiger partial charge in [-0.1, -0.05) is 30.0 Å². The van der Waals surface area contributed by atoms with E-state index in [4.69, 9.17) is 18.9 Å². The van der Waals surface area contributed by atoms with E-state index in [1.165, 1.54) is 7.11 Å². The Morgan fingerprint density at radius 3 is 2.49 bits per heavy atom. The van der Waals surface area contributed by atoms with Crippen molar-refractivity contribution >= 4 is 63.1 Å². The molecule has 10 heteroatoms. The Hall–Kier alpha value is -2.99. The number of hydrogen-bond donors (Lipinski definition) is 1. The minimum Gasteiger partial charge on any atom is -0.506 e. The quantitative estimate of drug-likeness (QED) is 0.297. The fourth-order valence-corrected chi connectivity index (χ4v) is 4.88. The summed E-state index contributed by atoms with van der Waals surface area (Å²) < 4.78 is 21.8. The number of benzene rings is 2. The number of ether oxygens (including phenoxy) is 4. The maximum absolute atomic E-state index is 12.6. The van der Waals surface area contributed by atoms with Crippen LogP contribution in [0.4, 0.5) is 5.69 Å². The van der Waals surface area contributed by atoms with Gasteiger partial charge in [0.2, 0.25) is 0 Å². The van der Waals surface area contributed by atoms with Crippen molar-refractivity contribution in [2.75, 3.05) is 26.9 Å². The van der Waals surface area contributed by atoms with Gasteiger partial charge in [-0.25, -0.2) is 14.6 Å². The van der Waals surface area contributed by atoms with E-state index >= 15 is 0 Å². The van der Waals surface area contributed by atoms with Gasteiger partial charge in [0.1, 0.15) is 16.4 Å². The second kappa shape index (κ2) is 12.6.